The van der Waals surface area contributed by atoms with Crippen molar-refractivity contribution in [2.45, 2.75) is 19.2 Å². The minimum Gasteiger partial charge on any atom is -0.503 e. The number of nitrogens with one attached hydrogen (secondary N) is 1. The van der Waals surface area contributed by atoms with Crippen LogP contribution >= 0.6 is 0 Å². The van der Waals surface area contributed by atoms with Crippen LogP contribution in [-0.4, -0.2) is 21.4 Å². The fourth-order valence-electron chi connectivity index (χ4n) is 1.01. The van der Waals surface area contributed by atoms with Gasteiger partial charge < -0.3 is 15.2 Å². The fraction of sp³-hybridized carbons (Fsp3) is 0.375. The molecule has 3 N–H and O–H groups in total. The second-order valence-corrected chi connectivity index (χ2v) is 2.99. The molecule has 0 aromatic carbocycles. The monoisotopic (exact) mass is 223 g/mol. The lowest BCUT2D eigenvalue weighted by molar-refractivity contribution is -0.207. The molecule has 1 aromatic rings. The van der Waals surface area contributed by atoms with Crippen molar-refractivity contribution in [2.24, 2.45) is 0 Å². The van der Waals surface area contributed by atoms with Crippen molar-refractivity contribution in [1.29, 1.82) is 0 Å². The highest BCUT2D eigenvalue weighted by Gasteiger charge is 2.41. The topological polar surface area (TPSA) is 73.3 Å². The molecule has 0 aliphatic rings. The molecule has 1 aromatic heterocycles. The minimum atomic E-state index is -4.94. The van der Waals surface area contributed by atoms with Crippen molar-refractivity contribution in [3.8, 4) is 5.75 Å². The maximum Gasteiger partial charge on any atom is 0.418 e. The molecule has 1 heterocycles. The third-order valence-electron chi connectivity index (χ3n) is 1.88. The van der Waals surface area contributed by atoms with Crippen molar-refractivity contribution in [2.75, 3.05) is 0 Å². The summed E-state index contributed by atoms with van der Waals surface area (Å²) in [7, 11) is 0. The van der Waals surface area contributed by atoms with Crippen molar-refractivity contribution in [1.82, 2.24) is 4.98 Å². The summed E-state index contributed by atoms with van der Waals surface area (Å²) in [5.74, 6) is -0.823. The molecule has 4 nitrogen and oxygen atoms in total. The van der Waals surface area contributed by atoms with Crippen molar-refractivity contribution in [3.05, 3.63) is 27.7 Å². The third-order valence-corrected chi connectivity index (χ3v) is 1.88. The van der Waals surface area contributed by atoms with Gasteiger partial charge in [0.2, 0.25) is 5.43 Å². The van der Waals surface area contributed by atoms with Crippen LogP contribution < -0.4 is 5.43 Å². The molecule has 0 unspecified atom stereocenters. The summed E-state index contributed by atoms with van der Waals surface area (Å²) < 4.78 is 36.2. The van der Waals surface area contributed by atoms with Gasteiger partial charge in [-0.3, -0.25) is 4.79 Å². The first-order chi connectivity index (χ1) is 6.75. The number of alkyl halides is 3. The lowest BCUT2D eigenvalue weighted by atomic mass is 10.1. The zero-order valence-corrected chi connectivity index (χ0v) is 7.59. The Morgan fingerprint density at radius 3 is 2.47 bits per heavy atom. The highest BCUT2D eigenvalue weighted by Crippen LogP contribution is 2.31. The average molecular weight is 223 g/mol. The van der Waals surface area contributed by atoms with E-state index < -0.39 is 29.0 Å². The molecule has 0 amide bonds. The minimum absolute atomic E-state index is 0.0399. The quantitative estimate of drug-likeness (QED) is 0.664. The van der Waals surface area contributed by atoms with Gasteiger partial charge in [-0.2, -0.15) is 13.2 Å². The van der Waals surface area contributed by atoms with Crippen LogP contribution in [0, 0.1) is 6.92 Å². The molecule has 0 bridgehead atoms. The number of rotatable bonds is 1. The van der Waals surface area contributed by atoms with Crippen LogP contribution in [0.4, 0.5) is 13.2 Å². The van der Waals surface area contributed by atoms with Crippen molar-refractivity contribution in [3.63, 3.8) is 0 Å². The van der Waals surface area contributed by atoms with Gasteiger partial charge in [-0.05, 0) is 6.92 Å². The van der Waals surface area contributed by atoms with Gasteiger partial charge in [-0.1, -0.05) is 0 Å². The smallest absolute Gasteiger partial charge is 0.418 e. The highest BCUT2D eigenvalue weighted by molar-refractivity contribution is 5.30. The molecule has 0 spiro atoms. The van der Waals surface area contributed by atoms with Crippen LogP contribution in [0.3, 0.4) is 0 Å². The Balaban J connectivity index is 3.29. The van der Waals surface area contributed by atoms with E-state index in [4.69, 9.17) is 10.2 Å². The largest absolute Gasteiger partial charge is 0.503 e. The van der Waals surface area contributed by atoms with Crippen LogP contribution in [0.5, 0.6) is 5.75 Å². The molecule has 0 radical (unpaired) electrons. The van der Waals surface area contributed by atoms with E-state index in [2.05, 4.69) is 4.98 Å². The summed E-state index contributed by atoms with van der Waals surface area (Å²) in [5.41, 5.74) is -2.11. The summed E-state index contributed by atoms with van der Waals surface area (Å²) >= 11 is 0. The average Bonchev–Trinajstić information content (AvgIpc) is 2.12. The van der Waals surface area contributed by atoms with Crippen LogP contribution in [-0.2, 0) is 0 Å². The van der Waals surface area contributed by atoms with Crippen LogP contribution in [0.1, 0.15) is 17.4 Å². The van der Waals surface area contributed by atoms with Gasteiger partial charge in [0.1, 0.15) is 0 Å². The predicted molar refractivity (Wildman–Crippen MR) is 44.5 cm³/mol. The number of aryl methyl sites for hydroxylation is 1. The van der Waals surface area contributed by atoms with Gasteiger partial charge >= 0.3 is 6.18 Å². The number of aliphatic hydroxyl groups is 1. The zero-order valence-electron chi connectivity index (χ0n) is 7.59. The Labute approximate surface area is 82.0 Å². The van der Waals surface area contributed by atoms with Crippen molar-refractivity contribution < 1.29 is 23.4 Å². The zero-order chi connectivity index (χ0) is 11.8. The lowest BCUT2D eigenvalue weighted by Crippen LogP contribution is -2.26. The van der Waals surface area contributed by atoms with Crippen molar-refractivity contribution >= 4 is 0 Å². The van der Waals surface area contributed by atoms with Gasteiger partial charge in [0, 0.05) is 6.20 Å². The van der Waals surface area contributed by atoms with E-state index in [1.54, 1.807) is 0 Å². The number of H-pyrrole nitrogens is 1. The number of aromatic amines is 1. The van der Waals surface area contributed by atoms with Gasteiger partial charge in [0.15, 0.2) is 11.9 Å². The fourth-order valence-corrected chi connectivity index (χ4v) is 1.01. The summed E-state index contributed by atoms with van der Waals surface area (Å²) in [6.07, 6.45) is -7.10. The molecule has 0 saturated heterocycles. The van der Waals surface area contributed by atoms with E-state index in [0.29, 0.717) is 0 Å². The number of pyridine rings is 1. The highest BCUT2D eigenvalue weighted by atomic mass is 19.4. The SMILES string of the molecule is Cc1[nH]cc([C@H](O)C(F)(F)F)c(=O)c1O. The molecule has 0 aliphatic carbocycles. The summed E-state index contributed by atoms with van der Waals surface area (Å²) in [5, 5.41) is 17.9. The molecule has 1 atom stereocenters. The molecule has 0 fully saturated rings. The van der Waals surface area contributed by atoms with Gasteiger partial charge in [-0.15, -0.1) is 0 Å². The molecule has 7 heteroatoms. The molecular weight excluding hydrogens is 215 g/mol. The number of aromatic hydroxyl groups is 1. The van der Waals surface area contributed by atoms with E-state index in [-0.39, 0.29) is 5.69 Å². The number of aromatic nitrogens is 1. The number of aliphatic hydroxyl groups excluding tert-OH is 1. The number of hydrogen-bond acceptors (Lipinski definition) is 3. The lowest BCUT2D eigenvalue weighted by Gasteiger charge is -2.14. The summed E-state index contributed by atoms with van der Waals surface area (Å²) in [4.78, 5) is 13.4. The Morgan fingerprint density at radius 2 is 2.00 bits per heavy atom. The Kier molecular flexibility index (Phi) is 2.76. The van der Waals surface area contributed by atoms with E-state index >= 15 is 0 Å². The Hall–Kier alpha value is -1.50. The summed E-state index contributed by atoms with van der Waals surface area (Å²) in [6.45, 7) is 1.32. The van der Waals surface area contributed by atoms with E-state index in [9.17, 15) is 18.0 Å². The second-order valence-electron chi connectivity index (χ2n) is 2.99. The third kappa shape index (κ3) is 2.12. The molecule has 15 heavy (non-hydrogen) atoms. The number of halogens is 3. The Morgan fingerprint density at radius 1 is 1.47 bits per heavy atom. The van der Waals surface area contributed by atoms with Gasteiger partial charge in [0.05, 0.1) is 11.3 Å². The van der Waals surface area contributed by atoms with E-state index in [0.717, 1.165) is 6.20 Å². The van der Waals surface area contributed by atoms with E-state index in [1.807, 2.05) is 0 Å². The first-order valence-corrected chi connectivity index (χ1v) is 3.91. The molecule has 1 rings (SSSR count). The summed E-state index contributed by atoms with van der Waals surface area (Å²) in [6, 6.07) is 0. The number of hydrogen-bond donors (Lipinski definition) is 3. The normalized spacial score (nSPS) is 13.9. The molecular formula is C8H8F3NO3. The van der Waals surface area contributed by atoms with Gasteiger partial charge in [0.25, 0.3) is 0 Å². The standard InChI is InChI=1S/C8H8F3NO3/c1-3-5(13)6(14)4(2-12-3)7(15)8(9,10)11/h2,7,13,15H,1H3,(H,12,14)/t7-/m0/s1. The Bertz CT molecular complexity index is 424. The van der Waals surface area contributed by atoms with Gasteiger partial charge in [-0.25, -0.2) is 0 Å². The first kappa shape index (κ1) is 11.6. The maximum absolute atomic E-state index is 12.1. The molecule has 0 aliphatic heterocycles. The molecule has 84 valence electrons. The van der Waals surface area contributed by atoms with Crippen LogP contribution in [0.2, 0.25) is 0 Å². The predicted octanol–water partition coefficient (Wildman–Crippen LogP) is 0.985. The van der Waals surface area contributed by atoms with Crippen LogP contribution in [0.15, 0.2) is 11.0 Å². The second kappa shape index (κ2) is 3.58. The first-order valence-electron chi connectivity index (χ1n) is 3.91. The maximum atomic E-state index is 12.1. The molecule has 0 saturated carbocycles. The van der Waals surface area contributed by atoms with E-state index in [1.165, 1.54) is 6.92 Å². The van der Waals surface area contributed by atoms with Crippen LogP contribution in [0.25, 0.3) is 0 Å².